The molecule has 6 nitrogen and oxygen atoms in total. The monoisotopic (exact) mass is 276 g/mol. The van der Waals surface area contributed by atoms with Crippen molar-refractivity contribution < 1.29 is 17.9 Å². The molecule has 0 bridgehead atoms. The molecule has 2 fully saturated rings. The summed E-state index contributed by atoms with van der Waals surface area (Å²) in [6.45, 7) is 3.73. The minimum Gasteiger partial charge on any atom is -0.375 e. The Balaban J connectivity index is 1.84. The van der Waals surface area contributed by atoms with Crippen molar-refractivity contribution in [3.63, 3.8) is 0 Å². The van der Waals surface area contributed by atoms with Crippen LogP contribution in [0.2, 0.25) is 0 Å². The molecule has 2 rings (SSSR count). The van der Waals surface area contributed by atoms with Crippen LogP contribution < -0.4 is 5.32 Å². The van der Waals surface area contributed by atoms with Gasteiger partial charge in [-0.05, 0) is 12.8 Å². The quantitative estimate of drug-likeness (QED) is 0.770. The molecule has 2 atom stereocenters. The minimum atomic E-state index is -2.95. The predicted octanol–water partition coefficient (Wildman–Crippen LogP) is -0.00610. The van der Waals surface area contributed by atoms with E-state index in [9.17, 15) is 13.2 Å². The van der Waals surface area contributed by atoms with Gasteiger partial charge >= 0.3 is 6.03 Å². The second kappa shape index (κ2) is 5.44. The molecule has 0 aromatic carbocycles. The lowest BCUT2D eigenvalue weighted by molar-refractivity contribution is -0.0156. The number of urea groups is 1. The molecule has 2 heterocycles. The maximum absolute atomic E-state index is 12.0. The first kappa shape index (κ1) is 13.6. The maximum Gasteiger partial charge on any atom is 0.317 e. The second-order valence-electron chi connectivity index (χ2n) is 4.90. The molecular formula is C11H20N2O4S. The van der Waals surface area contributed by atoms with Gasteiger partial charge in [-0.1, -0.05) is 6.92 Å². The average Bonchev–Trinajstić information content (AvgIpc) is 2.68. The summed E-state index contributed by atoms with van der Waals surface area (Å²) >= 11 is 0. The number of amides is 2. The van der Waals surface area contributed by atoms with Gasteiger partial charge in [0.25, 0.3) is 0 Å². The first-order valence-corrected chi connectivity index (χ1v) is 8.20. The Labute approximate surface area is 108 Å². The van der Waals surface area contributed by atoms with Crippen molar-refractivity contribution in [2.45, 2.75) is 31.9 Å². The number of carbonyl (C=O) groups excluding carboxylic acids is 1. The van der Waals surface area contributed by atoms with Crippen molar-refractivity contribution in [3.8, 4) is 0 Å². The van der Waals surface area contributed by atoms with Crippen LogP contribution >= 0.6 is 0 Å². The largest absolute Gasteiger partial charge is 0.375 e. The standard InChI is InChI=1S/C11H20N2O4S/c1-2-10-7-13(4-5-17-10)11(14)12-9-3-6-18(15,16)8-9/h9-10H,2-8H2,1H3,(H,12,14)/t9-,10-/m1/s1. The van der Waals surface area contributed by atoms with Gasteiger partial charge in [0.2, 0.25) is 0 Å². The molecule has 7 heteroatoms. The molecule has 2 aliphatic rings. The fourth-order valence-corrected chi connectivity index (χ4v) is 4.00. The van der Waals surface area contributed by atoms with E-state index in [-0.39, 0.29) is 29.7 Å². The number of nitrogens with zero attached hydrogens (tertiary/aromatic N) is 1. The van der Waals surface area contributed by atoms with Crippen LogP contribution in [0, 0.1) is 0 Å². The molecule has 18 heavy (non-hydrogen) atoms. The van der Waals surface area contributed by atoms with Gasteiger partial charge in [0.15, 0.2) is 9.84 Å². The van der Waals surface area contributed by atoms with E-state index in [1.54, 1.807) is 4.90 Å². The van der Waals surface area contributed by atoms with Crippen LogP contribution in [0.5, 0.6) is 0 Å². The molecule has 0 saturated carbocycles. The third-order valence-electron chi connectivity index (χ3n) is 3.44. The Morgan fingerprint density at radius 1 is 1.50 bits per heavy atom. The lowest BCUT2D eigenvalue weighted by Crippen LogP contribution is -2.51. The third kappa shape index (κ3) is 3.35. The minimum absolute atomic E-state index is 0.0697. The van der Waals surface area contributed by atoms with Crippen LogP contribution in [0.15, 0.2) is 0 Å². The number of morpholine rings is 1. The van der Waals surface area contributed by atoms with Gasteiger partial charge in [0, 0.05) is 19.1 Å². The van der Waals surface area contributed by atoms with Crippen molar-refractivity contribution in [2.75, 3.05) is 31.2 Å². The Bertz CT molecular complexity index is 409. The molecule has 1 N–H and O–H groups in total. The van der Waals surface area contributed by atoms with Gasteiger partial charge in [-0.3, -0.25) is 0 Å². The highest BCUT2D eigenvalue weighted by Gasteiger charge is 2.31. The zero-order chi connectivity index (χ0) is 13.2. The smallest absolute Gasteiger partial charge is 0.317 e. The highest BCUT2D eigenvalue weighted by molar-refractivity contribution is 7.91. The van der Waals surface area contributed by atoms with Gasteiger partial charge in [-0.25, -0.2) is 13.2 Å². The summed E-state index contributed by atoms with van der Waals surface area (Å²) in [6, 6.07) is -0.399. The first-order valence-electron chi connectivity index (χ1n) is 6.37. The fourth-order valence-electron chi connectivity index (χ4n) is 2.33. The molecule has 0 aromatic heterocycles. The summed E-state index contributed by atoms with van der Waals surface area (Å²) in [5, 5.41) is 2.80. The number of hydrogen-bond acceptors (Lipinski definition) is 4. The molecule has 2 aliphatic heterocycles. The van der Waals surface area contributed by atoms with Crippen LogP contribution in [0.4, 0.5) is 4.79 Å². The normalized spacial score (nSPS) is 31.3. The summed E-state index contributed by atoms with van der Waals surface area (Å²) in [4.78, 5) is 13.7. The van der Waals surface area contributed by atoms with E-state index in [0.29, 0.717) is 26.1 Å². The van der Waals surface area contributed by atoms with E-state index in [0.717, 1.165) is 6.42 Å². The maximum atomic E-state index is 12.0. The Morgan fingerprint density at radius 3 is 2.89 bits per heavy atom. The Morgan fingerprint density at radius 2 is 2.28 bits per heavy atom. The molecule has 0 aliphatic carbocycles. The fraction of sp³-hybridized carbons (Fsp3) is 0.909. The van der Waals surface area contributed by atoms with Crippen molar-refractivity contribution in [2.24, 2.45) is 0 Å². The zero-order valence-corrected chi connectivity index (χ0v) is 11.4. The average molecular weight is 276 g/mol. The second-order valence-corrected chi connectivity index (χ2v) is 7.13. The lowest BCUT2D eigenvalue weighted by atomic mass is 10.2. The molecule has 2 amide bonds. The summed E-state index contributed by atoms with van der Waals surface area (Å²) in [7, 11) is -2.95. The summed E-state index contributed by atoms with van der Waals surface area (Å²) < 4.78 is 28.1. The van der Waals surface area contributed by atoms with Gasteiger partial charge in [0.05, 0.1) is 24.2 Å². The van der Waals surface area contributed by atoms with Crippen LogP contribution in [-0.2, 0) is 14.6 Å². The first-order chi connectivity index (χ1) is 8.50. The third-order valence-corrected chi connectivity index (χ3v) is 5.21. The van der Waals surface area contributed by atoms with E-state index in [2.05, 4.69) is 5.32 Å². The van der Waals surface area contributed by atoms with Gasteiger partial charge < -0.3 is 15.0 Å². The van der Waals surface area contributed by atoms with Crippen LogP contribution in [0.1, 0.15) is 19.8 Å². The molecule has 0 unspecified atom stereocenters. The number of rotatable bonds is 2. The van der Waals surface area contributed by atoms with Gasteiger partial charge in [0.1, 0.15) is 0 Å². The Kier molecular flexibility index (Phi) is 4.11. The topological polar surface area (TPSA) is 75.7 Å². The van der Waals surface area contributed by atoms with E-state index >= 15 is 0 Å². The number of carbonyl (C=O) groups is 1. The number of ether oxygens (including phenoxy) is 1. The molecule has 0 spiro atoms. The van der Waals surface area contributed by atoms with E-state index < -0.39 is 9.84 Å². The molecule has 104 valence electrons. The number of hydrogen-bond donors (Lipinski definition) is 1. The van der Waals surface area contributed by atoms with Gasteiger partial charge in [-0.2, -0.15) is 0 Å². The lowest BCUT2D eigenvalue weighted by Gasteiger charge is -2.33. The van der Waals surface area contributed by atoms with Crippen LogP contribution in [0.25, 0.3) is 0 Å². The SMILES string of the molecule is CC[C@@H]1CN(C(=O)N[C@@H]2CCS(=O)(=O)C2)CCO1. The van der Waals surface area contributed by atoms with E-state index in [1.807, 2.05) is 6.92 Å². The van der Waals surface area contributed by atoms with E-state index in [1.165, 1.54) is 0 Å². The molecular weight excluding hydrogens is 256 g/mol. The summed E-state index contributed by atoms with van der Waals surface area (Å²) in [5.41, 5.74) is 0. The van der Waals surface area contributed by atoms with Crippen molar-refractivity contribution in [1.82, 2.24) is 10.2 Å². The molecule has 0 aromatic rings. The summed E-state index contributed by atoms with van der Waals surface area (Å²) in [5.74, 6) is 0.249. The molecule has 2 saturated heterocycles. The highest BCUT2D eigenvalue weighted by atomic mass is 32.2. The van der Waals surface area contributed by atoms with E-state index in [4.69, 9.17) is 4.74 Å². The number of nitrogens with one attached hydrogen (secondary N) is 1. The summed E-state index contributed by atoms with van der Waals surface area (Å²) in [6.07, 6.45) is 1.49. The van der Waals surface area contributed by atoms with Crippen molar-refractivity contribution in [1.29, 1.82) is 0 Å². The van der Waals surface area contributed by atoms with Crippen LogP contribution in [0.3, 0.4) is 0 Å². The van der Waals surface area contributed by atoms with Crippen molar-refractivity contribution >= 4 is 15.9 Å². The molecule has 0 radical (unpaired) electrons. The van der Waals surface area contributed by atoms with Crippen molar-refractivity contribution in [3.05, 3.63) is 0 Å². The zero-order valence-electron chi connectivity index (χ0n) is 10.6. The van der Waals surface area contributed by atoms with Gasteiger partial charge in [-0.15, -0.1) is 0 Å². The Hall–Kier alpha value is -0.820. The van der Waals surface area contributed by atoms with Crippen LogP contribution in [-0.4, -0.2) is 62.7 Å². The number of sulfone groups is 1. The predicted molar refractivity (Wildman–Crippen MR) is 67.2 cm³/mol. The highest BCUT2D eigenvalue weighted by Crippen LogP contribution is 2.13.